The number of imide groups is 1. The number of nitrogens with zero attached hydrogens (tertiary/aromatic N) is 1. The molecule has 0 aromatic carbocycles. The fourth-order valence-corrected chi connectivity index (χ4v) is 2.00. The lowest BCUT2D eigenvalue weighted by atomic mass is 10.2. The fraction of sp³-hybridized carbons (Fsp3) is 0.100. The molecule has 86 valence electrons. The smallest absolute Gasteiger partial charge is 0.322 e. The number of amides is 3. The van der Waals surface area contributed by atoms with Gasteiger partial charge in [0.15, 0.2) is 11.6 Å². The number of furan rings is 1. The predicted molar refractivity (Wildman–Crippen MR) is 61.1 cm³/mol. The Labute approximate surface area is 104 Å². The Balaban J connectivity index is 2.06. The number of pyridine rings is 1. The minimum atomic E-state index is -0.782. The summed E-state index contributed by atoms with van der Waals surface area (Å²) >= 11 is 3.24. The molecule has 0 aliphatic carbocycles. The molecule has 2 aromatic heterocycles. The van der Waals surface area contributed by atoms with E-state index in [1.807, 2.05) is 0 Å². The van der Waals surface area contributed by atoms with Gasteiger partial charge in [-0.2, -0.15) is 0 Å². The van der Waals surface area contributed by atoms with Gasteiger partial charge in [-0.15, -0.1) is 0 Å². The van der Waals surface area contributed by atoms with E-state index in [4.69, 9.17) is 4.42 Å². The second kappa shape index (κ2) is 3.56. The molecule has 3 rings (SSSR count). The van der Waals surface area contributed by atoms with Crippen molar-refractivity contribution in [3.8, 4) is 0 Å². The van der Waals surface area contributed by atoms with Gasteiger partial charge in [0.2, 0.25) is 0 Å². The van der Waals surface area contributed by atoms with Crippen LogP contribution in [0.2, 0.25) is 0 Å². The fourth-order valence-electron chi connectivity index (χ4n) is 1.68. The maximum Gasteiger partial charge on any atom is 0.322 e. The summed E-state index contributed by atoms with van der Waals surface area (Å²) in [6.07, 6.45) is 0. The summed E-state index contributed by atoms with van der Waals surface area (Å²) in [6, 6.07) is 3.81. The number of fused-ring (bicyclic) bond motifs is 1. The molecule has 1 atom stereocenters. The van der Waals surface area contributed by atoms with E-state index in [1.165, 1.54) is 0 Å². The number of hydrogen-bond donors (Lipinski definition) is 2. The molecule has 1 aliphatic rings. The van der Waals surface area contributed by atoms with E-state index < -0.39 is 18.0 Å². The molecule has 2 aromatic rings. The first-order valence-electron chi connectivity index (χ1n) is 4.81. The average molecular weight is 296 g/mol. The van der Waals surface area contributed by atoms with E-state index in [2.05, 4.69) is 31.5 Å². The third kappa shape index (κ3) is 1.68. The molecule has 2 N–H and O–H groups in total. The number of carbonyl (C=O) groups excluding carboxylic acids is 2. The van der Waals surface area contributed by atoms with Crippen LogP contribution < -0.4 is 10.6 Å². The number of nitrogens with one attached hydrogen (secondary N) is 2. The summed E-state index contributed by atoms with van der Waals surface area (Å²) < 4.78 is 6.14. The Morgan fingerprint density at radius 2 is 2.18 bits per heavy atom. The maximum absolute atomic E-state index is 11.4. The zero-order valence-electron chi connectivity index (χ0n) is 8.36. The average Bonchev–Trinajstić information content (AvgIpc) is 2.80. The van der Waals surface area contributed by atoms with Crippen LogP contribution in [-0.2, 0) is 4.79 Å². The molecule has 1 fully saturated rings. The number of urea groups is 1. The summed E-state index contributed by atoms with van der Waals surface area (Å²) in [5.74, 6) is -0.0536. The highest BCUT2D eigenvalue weighted by Crippen LogP contribution is 2.25. The van der Waals surface area contributed by atoms with Crippen molar-refractivity contribution in [3.63, 3.8) is 0 Å². The molecule has 6 nitrogen and oxygen atoms in total. The second-order valence-corrected chi connectivity index (χ2v) is 4.37. The van der Waals surface area contributed by atoms with Gasteiger partial charge in [-0.25, -0.2) is 9.78 Å². The van der Waals surface area contributed by atoms with Crippen molar-refractivity contribution in [1.29, 1.82) is 0 Å². The molecule has 7 heteroatoms. The molecular formula is C10H6BrN3O3. The van der Waals surface area contributed by atoms with Crippen molar-refractivity contribution in [2.24, 2.45) is 0 Å². The molecule has 0 radical (unpaired) electrons. The van der Waals surface area contributed by atoms with Crippen LogP contribution in [0.1, 0.15) is 11.8 Å². The zero-order valence-corrected chi connectivity index (χ0v) is 9.95. The lowest BCUT2D eigenvalue weighted by Gasteiger charge is -2.00. The first-order chi connectivity index (χ1) is 8.13. The summed E-state index contributed by atoms with van der Waals surface area (Å²) in [5.41, 5.74) is 1.19. The van der Waals surface area contributed by atoms with E-state index in [-0.39, 0.29) is 0 Å². The molecule has 0 bridgehead atoms. The van der Waals surface area contributed by atoms with Gasteiger partial charge in [-0.3, -0.25) is 10.1 Å². The summed E-state index contributed by atoms with van der Waals surface area (Å²) in [4.78, 5) is 26.6. The Kier molecular flexibility index (Phi) is 2.15. The Morgan fingerprint density at radius 1 is 1.35 bits per heavy atom. The monoisotopic (exact) mass is 295 g/mol. The van der Waals surface area contributed by atoms with Crippen LogP contribution in [0, 0.1) is 0 Å². The highest BCUT2D eigenvalue weighted by molar-refractivity contribution is 9.10. The molecule has 17 heavy (non-hydrogen) atoms. The van der Waals surface area contributed by atoms with Gasteiger partial charge in [0.1, 0.15) is 15.9 Å². The van der Waals surface area contributed by atoms with E-state index in [1.54, 1.807) is 18.2 Å². The number of hydrogen-bond acceptors (Lipinski definition) is 4. The van der Waals surface area contributed by atoms with Crippen LogP contribution in [-0.4, -0.2) is 16.9 Å². The summed E-state index contributed by atoms with van der Waals surface area (Å²) in [7, 11) is 0. The van der Waals surface area contributed by atoms with Crippen molar-refractivity contribution in [3.05, 3.63) is 28.6 Å². The van der Waals surface area contributed by atoms with Crippen molar-refractivity contribution in [1.82, 2.24) is 15.6 Å². The van der Waals surface area contributed by atoms with Gasteiger partial charge in [-0.05, 0) is 28.1 Å². The highest BCUT2D eigenvalue weighted by Gasteiger charge is 2.33. The van der Waals surface area contributed by atoms with Gasteiger partial charge in [0.25, 0.3) is 5.91 Å². The minimum Gasteiger partial charge on any atom is -0.457 e. The van der Waals surface area contributed by atoms with Gasteiger partial charge in [-0.1, -0.05) is 0 Å². The van der Waals surface area contributed by atoms with Crippen LogP contribution >= 0.6 is 15.9 Å². The molecule has 1 saturated heterocycles. The third-order valence-electron chi connectivity index (χ3n) is 2.42. The van der Waals surface area contributed by atoms with Crippen LogP contribution in [0.4, 0.5) is 4.79 Å². The van der Waals surface area contributed by atoms with E-state index in [0.717, 1.165) is 0 Å². The lowest BCUT2D eigenvalue weighted by molar-refractivity contribution is -0.120. The van der Waals surface area contributed by atoms with Crippen molar-refractivity contribution >= 4 is 39.0 Å². The lowest BCUT2D eigenvalue weighted by Crippen LogP contribution is -2.22. The molecule has 3 heterocycles. The van der Waals surface area contributed by atoms with Crippen LogP contribution in [0.15, 0.2) is 27.2 Å². The maximum atomic E-state index is 11.4. The minimum absolute atomic E-state index is 0.369. The summed E-state index contributed by atoms with van der Waals surface area (Å²) in [5, 5.41) is 4.61. The highest BCUT2D eigenvalue weighted by atomic mass is 79.9. The van der Waals surface area contributed by atoms with Crippen LogP contribution in [0.25, 0.3) is 11.1 Å². The largest absolute Gasteiger partial charge is 0.457 e. The van der Waals surface area contributed by atoms with E-state index in [9.17, 15) is 9.59 Å². The Bertz CT molecular complexity index is 637. The number of carbonyl (C=O) groups is 2. The molecule has 1 unspecified atom stereocenters. The molecule has 3 amide bonds. The summed E-state index contributed by atoms with van der Waals surface area (Å²) in [6.45, 7) is 0. The number of halogens is 1. The molecule has 0 saturated carbocycles. The second-order valence-electron chi connectivity index (χ2n) is 3.56. The normalized spacial score (nSPS) is 19.5. The topological polar surface area (TPSA) is 84.2 Å². The van der Waals surface area contributed by atoms with E-state index in [0.29, 0.717) is 21.5 Å². The van der Waals surface area contributed by atoms with Gasteiger partial charge >= 0.3 is 6.03 Å². The Hall–Kier alpha value is -1.89. The Morgan fingerprint density at radius 3 is 2.88 bits per heavy atom. The van der Waals surface area contributed by atoms with Crippen molar-refractivity contribution in [2.75, 3.05) is 0 Å². The first kappa shape index (κ1) is 10.3. The SMILES string of the molecule is O=C1NC(=O)C(c2cc3nc(Br)ccc3o2)N1. The van der Waals surface area contributed by atoms with Crippen molar-refractivity contribution < 1.29 is 14.0 Å². The standard InChI is InChI=1S/C10H6BrN3O3/c11-7-2-1-5-4(12-7)3-6(17-5)8-9(15)14-10(16)13-8/h1-3,8H,(H2,13,14,15,16). The van der Waals surface area contributed by atoms with Gasteiger partial charge < -0.3 is 9.73 Å². The van der Waals surface area contributed by atoms with Crippen LogP contribution in [0.5, 0.6) is 0 Å². The first-order valence-corrected chi connectivity index (χ1v) is 5.60. The molecular weight excluding hydrogens is 290 g/mol. The number of rotatable bonds is 1. The van der Waals surface area contributed by atoms with Gasteiger partial charge in [0, 0.05) is 6.07 Å². The van der Waals surface area contributed by atoms with Crippen LogP contribution in [0.3, 0.4) is 0 Å². The van der Waals surface area contributed by atoms with Gasteiger partial charge in [0.05, 0.1) is 0 Å². The predicted octanol–water partition coefficient (Wildman–Crippen LogP) is 1.47. The quantitative estimate of drug-likeness (QED) is 0.616. The number of aromatic nitrogens is 1. The molecule has 1 aliphatic heterocycles. The zero-order chi connectivity index (χ0) is 12.0. The van der Waals surface area contributed by atoms with E-state index >= 15 is 0 Å². The molecule has 0 spiro atoms. The van der Waals surface area contributed by atoms with Crippen molar-refractivity contribution in [2.45, 2.75) is 6.04 Å². The third-order valence-corrected chi connectivity index (χ3v) is 2.86.